The minimum atomic E-state index is -0.723. The summed E-state index contributed by atoms with van der Waals surface area (Å²) in [6.45, 7) is 8.27. The molecule has 23 heavy (non-hydrogen) atoms. The van der Waals surface area contributed by atoms with E-state index < -0.39 is 11.6 Å². The molecule has 0 saturated heterocycles. The Bertz CT molecular complexity index is 477. The van der Waals surface area contributed by atoms with Crippen LogP contribution in [0.4, 0.5) is 4.79 Å². The molecule has 128 valence electrons. The monoisotopic (exact) mass is 322 g/mol. The van der Waals surface area contributed by atoms with Gasteiger partial charge in [-0.05, 0) is 24.5 Å². The van der Waals surface area contributed by atoms with Crippen LogP contribution in [0.15, 0.2) is 30.8 Å². The second-order valence-electron chi connectivity index (χ2n) is 5.42. The van der Waals surface area contributed by atoms with Crippen molar-refractivity contribution in [3.63, 3.8) is 0 Å². The number of carbonyl (C=O) groups excluding carboxylic acids is 1. The van der Waals surface area contributed by atoms with Crippen LogP contribution in [0.3, 0.4) is 0 Å². The number of carbonyl (C=O) groups is 1. The van der Waals surface area contributed by atoms with Gasteiger partial charge in [-0.3, -0.25) is 0 Å². The first-order chi connectivity index (χ1) is 11.1. The topological polar surface area (TPSA) is 65.0 Å². The Kier molecular flexibility index (Phi) is 8.37. The van der Waals surface area contributed by atoms with E-state index in [2.05, 4.69) is 6.58 Å². The predicted octanol–water partition coefficient (Wildman–Crippen LogP) is 3.41. The van der Waals surface area contributed by atoms with Crippen LogP contribution in [0, 0.1) is 5.41 Å². The van der Waals surface area contributed by atoms with E-state index in [0.29, 0.717) is 19.6 Å². The Morgan fingerprint density at radius 3 is 2.43 bits per heavy atom. The van der Waals surface area contributed by atoms with Crippen molar-refractivity contribution in [2.75, 3.05) is 26.4 Å². The summed E-state index contributed by atoms with van der Waals surface area (Å²) in [4.78, 5) is 11.3. The van der Waals surface area contributed by atoms with Gasteiger partial charge >= 0.3 is 6.16 Å². The second-order valence-corrected chi connectivity index (χ2v) is 5.42. The summed E-state index contributed by atoms with van der Waals surface area (Å²) < 4.78 is 15.5. The third kappa shape index (κ3) is 6.42. The third-order valence-corrected chi connectivity index (χ3v) is 3.74. The number of hydrogen-bond acceptors (Lipinski definition) is 5. The highest BCUT2D eigenvalue weighted by atomic mass is 16.7. The van der Waals surface area contributed by atoms with Crippen LogP contribution in [-0.4, -0.2) is 37.7 Å². The maximum absolute atomic E-state index is 11.3. The Morgan fingerprint density at radius 1 is 1.22 bits per heavy atom. The number of hydrogen-bond donors (Lipinski definition) is 1. The minimum Gasteiger partial charge on any atom is -0.435 e. The molecule has 0 spiro atoms. The van der Waals surface area contributed by atoms with Crippen molar-refractivity contribution in [2.24, 2.45) is 5.41 Å². The molecule has 0 radical (unpaired) electrons. The Morgan fingerprint density at radius 2 is 1.91 bits per heavy atom. The van der Waals surface area contributed by atoms with Crippen molar-refractivity contribution in [2.45, 2.75) is 26.9 Å². The zero-order valence-corrected chi connectivity index (χ0v) is 13.9. The van der Waals surface area contributed by atoms with Crippen molar-refractivity contribution in [1.29, 1.82) is 0 Å². The minimum absolute atomic E-state index is 0.0637. The van der Waals surface area contributed by atoms with Crippen molar-refractivity contribution in [1.82, 2.24) is 0 Å². The van der Waals surface area contributed by atoms with Gasteiger partial charge in [0, 0.05) is 0 Å². The predicted molar refractivity (Wildman–Crippen MR) is 89.0 cm³/mol. The molecular weight excluding hydrogens is 296 g/mol. The molecule has 0 aliphatic heterocycles. The fraction of sp³-hybridized carbons (Fsp3) is 0.500. The average molecular weight is 322 g/mol. The first-order valence-corrected chi connectivity index (χ1v) is 7.78. The second kappa shape index (κ2) is 10.0. The summed E-state index contributed by atoms with van der Waals surface area (Å²) in [6, 6.07) is 7.88. The molecule has 1 aromatic carbocycles. The van der Waals surface area contributed by atoms with Crippen LogP contribution < -0.4 is 0 Å². The SMILES string of the molecule is C=Cc1ccc(COCC(CC)(CO)COC(=O)OCC)cc1. The van der Waals surface area contributed by atoms with Crippen molar-refractivity contribution >= 4 is 12.2 Å². The quantitative estimate of drug-likeness (QED) is 0.669. The highest BCUT2D eigenvalue weighted by Gasteiger charge is 2.30. The zero-order valence-electron chi connectivity index (χ0n) is 13.9. The smallest absolute Gasteiger partial charge is 0.435 e. The van der Waals surface area contributed by atoms with Crippen molar-refractivity contribution < 1.29 is 24.1 Å². The molecule has 0 heterocycles. The van der Waals surface area contributed by atoms with Gasteiger partial charge in [-0.2, -0.15) is 0 Å². The number of benzene rings is 1. The van der Waals surface area contributed by atoms with Crippen LogP contribution >= 0.6 is 0 Å². The highest BCUT2D eigenvalue weighted by Crippen LogP contribution is 2.23. The molecule has 1 atom stereocenters. The zero-order chi connectivity index (χ0) is 17.1. The van der Waals surface area contributed by atoms with Crippen LogP contribution in [0.5, 0.6) is 0 Å². The van der Waals surface area contributed by atoms with Crippen LogP contribution in [0.25, 0.3) is 6.08 Å². The molecule has 5 heteroatoms. The molecule has 0 amide bonds. The normalized spacial score (nSPS) is 13.2. The molecular formula is C18H26O5. The van der Waals surface area contributed by atoms with Gasteiger partial charge in [0.15, 0.2) is 0 Å². The van der Waals surface area contributed by atoms with E-state index in [1.54, 1.807) is 13.0 Å². The molecule has 0 aromatic heterocycles. The van der Waals surface area contributed by atoms with E-state index >= 15 is 0 Å². The molecule has 0 saturated carbocycles. The molecule has 1 rings (SSSR count). The van der Waals surface area contributed by atoms with Crippen LogP contribution in [0.1, 0.15) is 31.4 Å². The highest BCUT2D eigenvalue weighted by molar-refractivity contribution is 5.59. The molecule has 0 aliphatic carbocycles. The third-order valence-electron chi connectivity index (χ3n) is 3.74. The molecule has 1 unspecified atom stereocenters. The van der Waals surface area contributed by atoms with E-state index in [0.717, 1.165) is 11.1 Å². The van der Waals surface area contributed by atoms with Gasteiger partial charge < -0.3 is 19.3 Å². The summed E-state index contributed by atoms with van der Waals surface area (Å²) in [5, 5.41) is 9.66. The average Bonchev–Trinajstić information content (AvgIpc) is 2.59. The molecule has 5 nitrogen and oxygen atoms in total. The fourth-order valence-corrected chi connectivity index (χ4v) is 1.96. The van der Waals surface area contributed by atoms with Gasteiger partial charge in [-0.25, -0.2) is 4.79 Å². The molecule has 0 aliphatic rings. The lowest BCUT2D eigenvalue weighted by Crippen LogP contribution is -2.36. The van der Waals surface area contributed by atoms with E-state index in [1.165, 1.54) is 0 Å². The van der Waals surface area contributed by atoms with E-state index in [1.807, 2.05) is 31.2 Å². The van der Waals surface area contributed by atoms with Gasteiger partial charge in [0.05, 0.1) is 31.8 Å². The Hall–Kier alpha value is -1.85. The van der Waals surface area contributed by atoms with Gasteiger partial charge in [0.2, 0.25) is 0 Å². The summed E-state index contributed by atoms with van der Waals surface area (Å²) in [6.07, 6.45) is 1.68. The molecule has 0 fully saturated rings. The first-order valence-electron chi connectivity index (χ1n) is 7.78. The van der Waals surface area contributed by atoms with Crippen LogP contribution in [0.2, 0.25) is 0 Å². The fourth-order valence-electron chi connectivity index (χ4n) is 1.96. The van der Waals surface area contributed by atoms with E-state index in [-0.39, 0.29) is 19.8 Å². The number of aliphatic hydroxyl groups excluding tert-OH is 1. The van der Waals surface area contributed by atoms with E-state index in [4.69, 9.17) is 14.2 Å². The maximum Gasteiger partial charge on any atom is 0.508 e. The van der Waals surface area contributed by atoms with Crippen molar-refractivity contribution in [3.05, 3.63) is 42.0 Å². The van der Waals surface area contributed by atoms with Gasteiger partial charge in [-0.1, -0.05) is 43.8 Å². The lowest BCUT2D eigenvalue weighted by atomic mass is 9.88. The molecule has 1 N–H and O–H groups in total. The summed E-state index contributed by atoms with van der Waals surface area (Å²) in [5.41, 5.74) is 1.47. The Balaban J connectivity index is 2.50. The van der Waals surface area contributed by atoms with Gasteiger partial charge in [-0.15, -0.1) is 0 Å². The Labute approximate surface area is 137 Å². The number of aliphatic hydroxyl groups is 1. The number of rotatable bonds is 10. The number of ether oxygens (including phenoxy) is 3. The maximum atomic E-state index is 11.3. The summed E-state index contributed by atoms with van der Waals surface area (Å²) >= 11 is 0. The van der Waals surface area contributed by atoms with Gasteiger partial charge in [0.1, 0.15) is 6.61 Å². The first kappa shape index (κ1) is 19.2. The standard InChI is InChI=1S/C18H26O5/c1-4-15-7-9-16(10-8-15)11-21-13-18(5-2,12-19)14-23-17(20)22-6-3/h4,7-10,19H,1,5-6,11-14H2,2-3H3. The largest absolute Gasteiger partial charge is 0.508 e. The summed E-state index contributed by atoms with van der Waals surface area (Å²) in [7, 11) is 0. The molecule has 0 bridgehead atoms. The summed E-state index contributed by atoms with van der Waals surface area (Å²) in [5.74, 6) is 0. The van der Waals surface area contributed by atoms with Crippen LogP contribution in [-0.2, 0) is 20.8 Å². The van der Waals surface area contributed by atoms with Gasteiger partial charge in [0.25, 0.3) is 0 Å². The lowest BCUT2D eigenvalue weighted by molar-refractivity contribution is -0.0514. The van der Waals surface area contributed by atoms with E-state index in [9.17, 15) is 9.90 Å². The lowest BCUT2D eigenvalue weighted by Gasteiger charge is -2.29. The molecule has 1 aromatic rings. The van der Waals surface area contributed by atoms with Crippen molar-refractivity contribution in [3.8, 4) is 0 Å².